The Morgan fingerprint density at radius 2 is 1.23 bits per heavy atom. The number of furan rings is 2. The van der Waals surface area contributed by atoms with Gasteiger partial charge in [-0.2, -0.15) is 0 Å². The summed E-state index contributed by atoms with van der Waals surface area (Å²) in [5.41, 5.74) is 8.59. The molecule has 6 aromatic carbocycles. The maximum absolute atomic E-state index is 6.59. The van der Waals surface area contributed by atoms with Gasteiger partial charge >= 0.3 is 0 Å². The third-order valence-corrected chi connectivity index (χ3v) is 9.42. The molecule has 48 heavy (non-hydrogen) atoms. The first-order valence-electron chi connectivity index (χ1n) is 16.3. The fourth-order valence-corrected chi connectivity index (χ4v) is 7.16. The molecule has 1 aliphatic rings. The number of fused-ring (bicyclic) bond motifs is 7. The lowest BCUT2D eigenvalue weighted by Crippen LogP contribution is -2.06. The lowest BCUT2D eigenvalue weighted by Gasteiger charge is -2.14. The Morgan fingerprint density at radius 3 is 2.17 bits per heavy atom. The summed E-state index contributed by atoms with van der Waals surface area (Å²) in [6, 6.07) is 45.7. The number of aromatic nitrogens is 3. The minimum Gasteiger partial charge on any atom is -0.456 e. The molecular formula is C43H27N3O2. The number of para-hydroxylation sites is 2. The Kier molecular flexibility index (Phi) is 5.93. The van der Waals surface area contributed by atoms with Crippen molar-refractivity contribution in [3.63, 3.8) is 0 Å². The normalized spacial score (nSPS) is 13.0. The minimum atomic E-state index is 0.589. The number of aryl methyl sites for hydroxylation is 1. The van der Waals surface area contributed by atoms with Gasteiger partial charge in [0, 0.05) is 38.4 Å². The van der Waals surface area contributed by atoms with Crippen LogP contribution in [0.3, 0.4) is 0 Å². The van der Waals surface area contributed by atoms with Gasteiger partial charge in [-0.1, -0.05) is 121 Å². The van der Waals surface area contributed by atoms with E-state index in [1.165, 1.54) is 10.9 Å². The topological polar surface area (TPSA) is 65.0 Å². The first kappa shape index (κ1) is 26.8. The lowest BCUT2D eigenvalue weighted by atomic mass is 9.95. The van der Waals surface area contributed by atoms with Crippen molar-refractivity contribution in [2.75, 3.05) is 0 Å². The second-order valence-electron chi connectivity index (χ2n) is 12.3. The van der Waals surface area contributed by atoms with Gasteiger partial charge in [-0.05, 0) is 47.4 Å². The van der Waals surface area contributed by atoms with Crippen LogP contribution in [0, 0.1) is 0 Å². The maximum Gasteiger partial charge on any atom is 0.167 e. The van der Waals surface area contributed by atoms with Crippen LogP contribution >= 0.6 is 0 Å². The summed E-state index contributed by atoms with van der Waals surface area (Å²) in [7, 11) is 0. The molecule has 5 nitrogen and oxygen atoms in total. The molecule has 3 heterocycles. The lowest BCUT2D eigenvalue weighted by molar-refractivity contribution is 0.590. The number of benzene rings is 6. The quantitative estimate of drug-likeness (QED) is 0.197. The van der Waals surface area contributed by atoms with Gasteiger partial charge in [-0.15, -0.1) is 0 Å². The SMILES string of the molecule is C1=C(c2nc(-c3ccc4ccccc4c3)nc(-c3cccc4oc5c(-c6ccccc6)cccc5c34)n2)c2oc3ccccc3c2CC1. The van der Waals surface area contributed by atoms with Gasteiger partial charge in [-0.3, -0.25) is 0 Å². The van der Waals surface area contributed by atoms with Crippen molar-refractivity contribution in [2.24, 2.45) is 0 Å². The first-order chi connectivity index (χ1) is 23.8. The van der Waals surface area contributed by atoms with E-state index in [0.29, 0.717) is 17.5 Å². The van der Waals surface area contributed by atoms with Crippen LogP contribution in [0.2, 0.25) is 0 Å². The van der Waals surface area contributed by atoms with E-state index in [4.69, 9.17) is 23.8 Å². The molecular weight excluding hydrogens is 590 g/mol. The van der Waals surface area contributed by atoms with Gasteiger partial charge in [-0.25, -0.2) is 15.0 Å². The highest BCUT2D eigenvalue weighted by Gasteiger charge is 2.26. The smallest absolute Gasteiger partial charge is 0.167 e. The van der Waals surface area contributed by atoms with Crippen LogP contribution in [0.1, 0.15) is 23.6 Å². The third kappa shape index (κ3) is 4.21. The van der Waals surface area contributed by atoms with Crippen molar-refractivity contribution < 1.29 is 8.83 Å². The van der Waals surface area contributed by atoms with Crippen LogP contribution in [0.4, 0.5) is 0 Å². The van der Waals surface area contributed by atoms with Crippen molar-refractivity contribution in [1.29, 1.82) is 0 Å². The van der Waals surface area contributed by atoms with Crippen molar-refractivity contribution in [3.05, 3.63) is 157 Å². The van der Waals surface area contributed by atoms with Crippen LogP contribution < -0.4 is 0 Å². The van der Waals surface area contributed by atoms with Crippen molar-refractivity contribution in [2.45, 2.75) is 12.8 Å². The highest BCUT2D eigenvalue weighted by molar-refractivity contribution is 6.15. The highest BCUT2D eigenvalue weighted by atomic mass is 16.3. The first-order valence-corrected chi connectivity index (χ1v) is 16.3. The Hall–Kier alpha value is -6.33. The summed E-state index contributed by atoms with van der Waals surface area (Å²) >= 11 is 0. The van der Waals surface area contributed by atoms with Crippen LogP contribution in [0.15, 0.2) is 148 Å². The monoisotopic (exact) mass is 617 g/mol. The van der Waals surface area contributed by atoms with E-state index in [1.807, 2.05) is 30.3 Å². The number of nitrogens with zero attached hydrogens (tertiary/aromatic N) is 3. The van der Waals surface area contributed by atoms with Gasteiger partial charge in [0.2, 0.25) is 0 Å². The molecule has 0 aliphatic heterocycles. The molecule has 0 saturated carbocycles. The predicted molar refractivity (Wildman–Crippen MR) is 193 cm³/mol. The molecule has 0 unspecified atom stereocenters. The molecule has 3 aromatic heterocycles. The van der Waals surface area contributed by atoms with E-state index in [9.17, 15) is 0 Å². The molecule has 0 bridgehead atoms. The standard InChI is InChI=1S/C43H27N3O2/c1-2-12-27(13-3-1)30-16-8-18-33-38-34(19-10-22-37(38)48-39(30)33)42-44-41(29-24-23-26-11-4-5-14-28(26)25-29)45-43(46-42)35-20-9-17-32-31-15-6-7-21-36(31)47-40(32)35/h1-8,10-16,18-25H,9,17H2. The van der Waals surface area contributed by atoms with Crippen molar-refractivity contribution in [1.82, 2.24) is 15.0 Å². The van der Waals surface area contributed by atoms with Crippen molar-refractivity contribution in [3.8, 4) is 33.9 Å². The fourth-order valence-electron chi connectivity index (χ4n) is 7.16. The average molecular weight is 618 g/mol. The van der Waals surface area contributed by atoms with Gasteiger partial charge in [0.1, 0.15) is 22.5 Å². The molecule has 226 valence electrons. The average Bonchev–Trinajstić information content (AvgIpc) is 3.73. The van der Waals surface area contributed by atoms with Gasteiger partial charge < -0.3 is 8.83 Å². The Morgan fingerprint density at radius 1 is 0.500 bits per heavy atom. The zero-order valence-electron chi connectivity index (χ0n) is 25.9. The minimum absolute atomic E-state index is 0.589. The van der Waals surface area contributed by atoms with Gasteiger partial charge in [0.15, 0.2) is 17.5 Å². The summed E-state index contributed by atoms with van der Waals surface area (Å²) in [4.78, 5) is 15.5. The molecule has 0 saturated heterocycles. The fraction of sp³-hybridized carbons (Fsp3) is 0.0465. The van der Waals surface area contributed by atoms with E-state index < -0.39 is 0 Å². The van der Waals surface area contributed by atoms with E-state index in [1.54, 1.807) is 0 Å². The largest absolute Gasteiger partial charge is 0.456 e. The van der Waals surface area contributed by atoms with Crippen LogP contribution in [0.5, 0.6) is 0 Å². The van der Waals surface area contributed by atoms with Gasteiger partial charge in [0.05, 0.1) is 5.57 Å². The van der Waals surface area contributed by atoms with E-state index >= 15 is 0 Å². The molecule has 5 heteroatoms. The summed E-state index contributed by atoms with van der Waals surface area (Å²) in [6.07, 6.45) is 3.99. The zero-order valence-corrected chi connectivity index (χ0v) is 25.9. The van der Waals surface area contributed by atoms with Crippen LogP contribution in [0.25, 0.3) is 83.2 Å². The Labute approximate surface area is 275 Å². The summed E-state index contributed by atoms with van der Waals surface area (Å²) in [5.74, 6) is 2.63. The third-order valence-electron chi connectivity index (χ3n) is 9.42. The van der Waals surface area contributed by atoms with E-state index in [-0.39, 0.29) is 0 Å². The molecule has 0 amide bonds. The Balaban J connectivity index is 1.22. The maximum atomic E-state index is 6.59. The summed E-state index contributed by atoms with van der Waals surface area (Å²) in [6.45, 7) is 0. The number of rotatable bonds is 4. The second kappa shape index (κ2) is 10.6. The van der Waals surface area contributed by atoms with E-state index in [2.05, 4.69) is 109 Å². The Bertz CT molecular complexity index is 2740. The van der Waals surface area contributed by atoms with Gasteiger partial charge in [0.25, 0.3) is 0 Å². The second-order valence-corrected chi connectivity index (χ2v) is 12.3. The number of allylic oxidation sites excluding steroid dienone is 1. The molecule has 9 aromatic rings. The zero-order chi connectivity index (χ0) is 31.6. The van der Waals surface area contributed by atoms with Crippen molar-refractivity contribution >= 4 is 49.3 Å². The summed E-state index contributed by atoms with van der Waals surface area (Å²) in [5, 5.41) is 5.44. The molecule has 0 fully saturated rings. The van der Waals surface area contributed by atoms with Crippen LogP contribution in [-0.2, 0) is 6.42 Å². The molecule has 0 atom stereocenters. The number of hydrogen-bond acceptors (Lipinski definition) is 5. The highest BCUT2D eigenvalue weighted by Crippen LogP contribution is 2.42. The molecule has 0 spiro atoms. The molecule has 10 rings (SSSR count). The van der Waals surface area contributed by atoms with E-state index in [0.717, 1.165) is 84.7 Å². The predicted octanol–water partition coefficient (Wildman–Crippen LogP) is 11.0. The molecule has 0 radical (unpaired) electrons. The molecule has 0 N–H and O–H groups in total. The molecule has 1 aliphatic carbocycles. The number of hydrogen-bond donors (Lipinski definition) is 0. The van der Waals surface area contributed by atoms with Crippen LogP contribution in [-0.4, -0.2) is 15.0 Å². The summed E-state index contributed by atoms with van der Waals surface area (Å²) < 4.78 is 13.1.